The zero-order valence-corrected chi connectivity index (χ0v) is 8.49. The fourth-order valence-electron chi connectivity index (χ4n) is 1.66. The molecule has 0 radical (unpaired) electrons. The fraction of sp³-hybridized carbons (Fsp3) is 0.889. The van der Waals surface area contributed by atoms with Gasteiger partial charge in [-0.05, 0) is 13.8 Å². The lowest BCUT2D eigenvalue weighted by Crippen LogP contribution is -2.50. The summed E-state index contributed by atoms with van der Waals surface area (Å²) < 4.78 is 0. The average Bonchev–Trinajstić information content (AvgIpc) is 2.04. The number of primary amides is 1. The molecule has 1 heterocycles. The van der Waals surface area contributed by atoms with Crippen molar-refractivity contribution >= 4 is 5.91 Å². The van der Waals surface area contributed by atoms with Gasteiger partial charge in [0.2, 0.25) is 5.91 Å². The van der Waals surface area contributed by atoms with Crippen LogP contribution in [-0.4, -0.2) is 54.5 Å². The highest BCUT2D eigenvalue weighted by Crippen LogP contribution is 2.04. The van der Waals surface area contributed by atoms with Crippen molar-refractivity contribution in [2.45, 2.75) is 19.9 Å². The highest BCUT2D eigenvalue weighted by molar-refractivity contribution is 5.75. The van der Waals surface area contributed by atoms with E-state index in [0.29, 0.717) is 12.6 Å². The molecule has 0 bridgehead atoms. The van der Waals surface area contributed by atoms with Gasteiger partial charge >= 0.3 is 0 Å². The quantitative estimate of drug-likeness (QED) is 0.645. The van der Waals surface area contributed by atoms with Gasteiger partial charge in [-0.1, -0.05) is 0 Å². The van der Waals surface area contributed by atoms with Crippen LogP contribution < -0.4 is 5.73 Å². The Hall–Kier alpha value is -0.610. The third kappa shape index (κ3) is 3.32. The van der Waals surface area contributed by atoms with E-state index in [4.69, 9.17) is 5.73 Å². The molecule has 0 spiro atoms. The largest absolute Gasteiger partial charge is 0.369 e. The Morgan fingerprint density at radius 3 is 2.23 bits per heavy atom. The topological polar surface area (TPSA) is 49.6 Å². The first kappa shape index (κ1) is 10.5. The first-order valence-electron chi connectivity index (χ1n) is 4.84. The van der Waals surface area contributed by atoms with Crippen molar-refractivity contribution < 1.29 is 4.79 Å². The monoisotopic (exact) mass is 185 g/mol. The van der Waals surface area contributed by atoms with Gasteiger partial charge in [0.25, 0.3) is 0 Å². The van der Waals surface area contributed by atoms with E-state index in [1.807, 2.05) is 0 Å². The first-order chi connectivity index (χ1) is 6.09. The molecule has 0 aliphatic carbocycles. The van der Waals surface area contributed by atoms with Gasteiger partial charge < -0.3 is 5.73 Å². The van der Waals surface area contributed by atoms with Crippen molar-refractivity contribution in [1.29, 1.82) is 0 Å². The molecule has 0 atom stereocenters. The summed E-state index contributed by atoms with van der Waals surface area (Å²) in [6, 6.07) is 0.607. The van der Waals surface area contributed by atoms with Crippen molar-refractivity contribution in [2.24, 2.45) is 5.73 Å². The summed E-state index contributed by atoms with van der Waals surface area (Å²) in [7, 11) is 0. The van der Waals surface area contributed by atoms with Crippen LogP contribution in [0, 0.1) is 0 Å². The Labute approximate surface area is 79.7 Å². The van der Waals surface area contributed by atoms with E-state index in [2.05, 4.69) is 23.6 Å². The first-order valence-corrected chi connectivity index (χ1v) is 4.84. The van der Waals surface area contributed by atoms with Crippen LogP contribution in [0.4, 0.5) is 0 Å². The van der Waals surface area contributed by atoms with Gasteiger partial charge in [0, 0.05) is 32.2 Å². The zero-order valence-electron chi connectivity index (χ0n) is 8.49. The highest BCUT2D eigenvalue weighted by atomic mass is 16.1. The van der Waals surface area contributed by atoms with E-state index < -0.39 is 0 Å². The molecule has 4 heteroatoms. The Kier molecular flexibility index (Phi) is 3.69. The van der Waals surface area contributed by atoms with E-state index >= 15 is 0 Å². The van der Waals surface area contributed by atoms with Gasteiger partial charge in [0.15, 0.2) is 0 Å². The van der Waals surface area contributed by atoms with Crippen LogP contribution >= 0.6 is 0 Å². The summed E-state index contributed by atoms with van der Waals surface area (Å²) >= 11 is 0. The van der Waals surface area contributed by atoms with Crippen molar-refractivity contribution in [3.05, 3.63) is 0 Å². The van der Waals surface area contributed by atoms with E-state index in [0.717, 1.165) is 26.2 Å². The van der Waals surface area contributed by atoms with Crippen LogP contribution in [0.5, 0.6) is 0 Å². The van der Waals surface area contributed by atoms with Gasteiger partial charge in [-0.3, -0.25) is 14.6 Å². The third-order valence-electron chi connectivity index (χ3n) is 2.52. The predicted molar refractivity (Wildman–Crippen MR) is 52.3 cm³/mol. The van der Waals surface area contributed by atoms with E-state index in [1.54, 1.807) is 0 Å². The number of amides is 1. The Balaban J connectivity index is 2.26. The van der Waals surface area contributed by atoms with Crippen LogP contribution in [0.15, 0.2) is 0 Å². The lowest BCUT2D eigenvalue weighted by atomic mass is 10.2. The minimum atomic E-state index is -0.224. The molecule has 0 saturated carbocycles. The minimum Gasteiger partial charge on any atom is -0.369 e. The second-order valence-electron chi connectivity index (χ2n) is 3.87. The summed E-state index contributed by atoms with van der Waals surface area (Å²) in [4.78, 5) is 15.2. The second kappa shape index (κ2) is 4.58. The number of hydrogen-bond donors (Lipinski definition) is 1. The molecule has 1 saturated heterocycles. The van der Waals surface area contributed by atoms with Crippen molar-refractivity contribution in [3.63, 3.8) is 0 Å². The summed E-state index contributed by atoms with van der Waals surface area (Å²) in [6.45, 7) is 8.82. The molecule has 13 heavy (non-hydrogen) atoms. The lowest BCUT2D eigenvalue weighted by molar-refractivity contribution is -0.119. The predicted octanol–water partition coefficient (Wildman–Crippen LogP) is -0.502. The molecular weight excluding hydrogens is 166 g/mol. The normalized spacial score (nSPS) is 20.8. The molecule has 1 aliphatic heterocycles. The fourth-order valence-corrected chi connectivity index (χ4v) is 1.66. The zero-order chi connectivity index (χ0) is 9.84. The molecule has 0 aromatic rings. The number of carbonyl (C=O) groups excluding carboxylic acids is 1. The molecule has 1 aliphatic rings. The maximum Gasteiger partial charge on any atom is 0.231 e. The smallest absolute Gasteiger partial charge is 0.231 e. The van der Waals surface area contributed by atoms with Crippen LogP contribution in [0.25, 0.3) is 0 Å². The molecule has 4 nitrogen and oxygen atoms in total. The molecule has 0 unspecified atom stereocenters. The van der Waals surface area contributed by atoms with Gasteiger partial charge in [-0.2, -0.15) is 0 Å². The lowest BCUT2D eigenvalue weighted by Gasteiger charge is -2.36. The molecule has 0 aromatic carbocycles. The van der Waals surface area contributed by atoms with Crippen LogP contribution in [0.3, 0.4) is 0 Å². The van der Waals surface area contributed by atoms with Gasteiger partial charge in [0.05, 0.1) is 6.54 Å². The van der Waals surface area contributed by atoms with E-state index in [-0.39, 0.29) is 5.91 Å². The Bertz CT molecular complexity index is 174. The Morgan fingerprint density at radius 2 is 1.85 bits per heavy atom. The summed E-state index contributed by atoms with van der Waals surface area (Å²) in [5.41, 5.74) is 5.12. The third-order valence-corrected chi connectivity index (χ3v) is 2.52. The van der Waals surface area contributed by atoms with Crippen LogP contribution in [0.2, 0.25) is 0 Å². The van der Waals surface area contributed by atoms with Crippen LogP contribution in [0.1, 0.15) is 13.8 Å². The van der Waals surface area contributed by atoms with Gasteiger partial charge in [-0.15, -0.1) is 0 Å². The molecule has 1 rings (SSSR count). The molecule has 2 N–H and O–H groups in total. The number of rotatable bonds is 3. The van der Waals surface area contributed by atoms with Gasteiger partial charge in [0.1, 0.15) is 0 Å². The standard InChI is InChI=1S/C9H19N3O/c1-8(2)12-5-3-11(4-6-12)7-9(10)13/h8H,3-7H2,1-2H3,(H2,10,13). The molecule has 76 valence electrons. The van der Waals surface area contributed by atoms with Gasteiger partial charge in [-0.25, -0.2) is 0 Å². The molecule has 0 aromatic heterocycles. The number of nitrogens with two attached hydrogens (primary N) is 1. The molecule has 1 amide bonds. The number of piperazine rings is 1. The summed E-state index contributed by atoms with van der Waals surface area (Å²) in [5, 5.41) is 0. The van der Waals surface area contributed by atoms with E-state index in [1.165, 1.54) is 0 Å². The maximum atomic E-state index is 10.6. The molecular formula is C9H19N3O. The average molecular weight is 185 g/mol. The van der Waals surface area contributed by atoms with Crippen LogP contribution in [-0.2, 0) is 4.79 Å². The number of nitrogens with zero attached hydrogens (tertiary/aromatic N) is 2. The van der Waals surface area contributed by atoms with Crippen molar-refractivity contribution in [1.82, 2.24) is 9.80 Å². The summed E-state index contributed by atoms with van der Waals surface area (Å²) in [6.07, 6.45) is 0. The SMILES string of the molecule is CC(C)N1CCN(CC(N)=O)CC1. The summed E-state index contributed by atoms with van der Waals surface area (Å²) in [5.74, 6) is -0.224. The Morgan fingerprint density at radius 1 is 1.31 bits per heavy atom. The highest BCUT2D eigenvalue weighted by Gasteiger charge is 2.19. The molecule has 1 fully saturated rings. The second-order valence-corrected chi connectivity index (χ2v) is 3.87. The maximum absolute atomic E-state index is 10.6. The van der Waals surface area contributed by atoms with E-state index in [9.17, 15) is 4.79 Å². The number of carbonyl (C=O) groups is 1. The minimum absolute atomic E-state index is 0.224. The number of hydrogen-bond acceptors (Lipinski definition) is 3. The van der Waals surface area contributed by atoms with Crippen molar-refractivity contribution in [3.8, 4) is 0 Å². The van der Waals surface area contributed by atoms with Crippen molar-refractivity contribution in [2.75, 3.05) is 32.7 Å².